The summed E-state index contributed by atoms with van der Waals surface area (Å²) < 4.78 is 0. The molecular formula is C8H19NS. The summed E-state index contributed by atoms with van der Waals surface area (Å²) in [6.07, 6.45) is 2.61. The van der Waals surface area contributed by atoms with E-state index in [0.717, 1.165) is 5.75 Å². The van der Waals surface area contributed by atoms with Crippen LogP contribution in [-0.4, -0.2) is 17.0 Å². The van der Waals surface area contributed by atoms with Crippen molar-refractivity contribution in [2.45, 2.75) is 39.2 Å². The first-order valence-electron chi connectivity index (χ1n) is 3.93. The maximum atomic E-state index is 5.80. The maximum Gasteiger partial charge on any atom is 0.0188 e. The molecule has 0 aromatic rings. The van der Waals surface area contributed by atoms with Crippen LogP contribution in [0, 0.1) is 0 Å². The van der Waals surface area contributed by atoms with Crippen LogP contribution < -0.4 is 5.73 Å². The molecule has 0 radical (unpaired) electrons. The van der Waals surface area contributed by atoms with Gasteiger partial charge in [0.1, 0.15) is 0 Å². The molecule has 0 aromatic heterocycles. The van der Waals surface area contributed by atoms with Crippen molar-refractivity contribution in [3.8, 4) is 0 Å². The fraction of sp³-hybridized carbons (Fsp3) is 1.00. The van der Waals surface area contributed by atoms with E-state index in [0.29, 0.717) is 0 Å². The second-order valence-electron chi connectivity index (χ2n) is 3.39. The van der Waals surface area contributed by atoms with Gasteiger partial charge < -0.3 is 5.73 Å². The smallest absolute Gasteiger partial charge is 0.0188 e. The molecule has 0 fully saturated rings. The third-order valence-electron chi connectivity index (χ3n) is 1.12. The molecule has 0 spiro atoms. The molecule has 0 saturated carbocycles. The molecule has 2 N–H and O–H groups in total. The van der Waals surface area contributed by atoms with Gasteiger partial charge in [0.15, 0.2) is 0 Å². The van der Waals surface area contributed by atoms with Gasteiger partial charge in [0.25, 0.3) is 0 Å². The van der Waals surface area contributed by atoms with Crippen molar-refractivity contribution >= 4 is 11.8 Å². The van der Waals surface area contributed by atoms with Gasteiger partial charge in [-0.2, -0.15) is 11.8 Å². The van der Waals surface area contributed by atoms with Gasteiger partial charge in [0.2, 0.25) is 0 Å². The molecule has 0 aliphatic carbocycles. The monoisotopic (exact) mass is 161 g/mol. The summed E-state index contributed by atoms with van der Waals surface area (Å²) in [5.74, 6) is 2.34. The molecule has 10 heavy (non-hydrogen) atoms. The van der Waals surface area contributed by atoms with Crippen LogP contribution in [0.1, 0.15) is 33.6 Å². The molecule has 0 aliphatic heterocycles. The number of hydrogen-bond acceptors (Lipinski definition) is 2. The summed E-state index contributed by atoms with van der Waals surface area (Å²) in [7, 11) is 0. The van der Waals surface area contributed by atoms with Crippen LogP contribution in [0.15, 0.2) is 0 Å². The number of nitrogens with two attached hydrogens (primary N) is 1. The van der Waals surface area contributed by atoms with Crippen molar-refractivity contribution in [1.29, 1.82) is 0 Å². The van der Waals surface area contributed by atoms with Gasteiger partial charge in [-0.1, -0.05) is 13.3 Å². The minimum Gasteiger partial charge on any atom is -0.325 e. The zero-order valence-corrected chi connectivity index (χ0v) is 8.13. The maximum absolute atomic E-state index is 5.80. The standard InChI is InChI=1S/C8H19NS/c1-4-5-6-10-7-8(2,3)9/h4-7,9H2,1-3H3. The Kier molecular flexibility index (Phi) is 5.18. The van der Waals surface area contributed by atoms with E-state index in [1.807, 2.05) is 11.8 Å². The summed E-state index contributed by atoms with van der Waals surface area (Å²) in [5, 5.41) is 0. The minimum atomic E-state index is 0.0123. The van der Waals surface area contributed by atoms with E-state index in [2.05, 4.69) is 20.8 Å². The molecule has 0 aromatic carbocycles. The van der Waals surface area contributed by atoms with Crippen LogP contribution in [0.3, 0.4) is 0 Å². The van der Waals surface area contributed by atoms with E-state index >= 15 is 0 Å². The van der Waals surface area contributed by atoms with Gasteiger partial charge in [-0.05, 0) is 26.0 Å². The minimum absolute atomic E-state index is 0.0123. The third-order valence-corrected chi connectivity index (χ3v) is 2.64. The van der Waals surface area contributed by atoms with E-state index in [4.69, 9.17) is 5.73 Å². The highest BCUT2D eigenvalue weighted by molar-refractivity contribution is 7.99. The van der Waals surface area contributed by atoms with Gasteiger partial charge in [0.05, 0.1) is 0 Å². The van der Waals surface area contributed by atoms with Crippen molar-refractivity contribution in [2.75, 3.05) is 11.5 Å². The lowest BCUT2D eigenvalue weighted by Crippen LogP contribution is -2.34. The van der Waals surface area contributed by atoms with Crippen molar-refractivity contribution in [3.05, 3.63) is 0 Å². The van der Waals surface area contributed by atoms with Crippen molar-refractivity contribution in [3.63, 3.8) is 0 Å². The summed E-state index contributed by atoms with van der Waals surface area (Å²) in [4.78, 5) is 0. The van der Waals surface area contributed by atoms with E-state index in [-0.39, 0.29) is 5.54 Å². The zero-order chi connectivity index (χ0) is 8.04. The molecule has 0 unspecified atom stereocenters. The predicted octanol–water partition coefficient (Wildman–Crippen LogP) is 2.26. The molecule has 0 bridgehead atoms. The Morgan fingerprint density at radius 1 is 1.40 bits per heavy atom. The summed E-state index contributed by atoms with van der Waals surface area (Å²) in [5.41, 5.74) is 5.81. The van der Waals surface area contributed by atoms with Crippen LogP contribution in [-0.2, 0) is 0 Å². The first-order valence-corrected chi connectivity index (χ1v) is 5.08. The molecule has 0 amide bonds. The number of thioether (sulfide) groups is 1. The van der Waals surface area contributed by atoms with Gasteiger partial charge >= 0.3 is 0 Å². The van der Waals surface area contributed by atoms with Crippen LogP contribution in [0.5, 0.6) is 0 Å². The molecule has 2 heteroatoms. The first kappa shape index (κ1) is 10.3. The highest BCUT2D eigenvalue weighted by Gasteiger charge is 2.08. The Morgan fingerprint density at radius 3 is 2.40 bits per heavy atom. The first-order chi connectivity index (χ1) is 4.56. The van der Waals surface area contributed by atoms with Gasteiger partial charge in [0, 0.05) is 11.3 Å². The number of unbranched alkanes of at least 4 members (excludes halogenated alkanes) is 1. The SMILES string of the molecule is CCCCSCC(C)(C)N. The lowest BCUT2D eigenvalue weighted by molar-refractivity contribution is 0.591. The third kappa shape index (κ3) is 8.31. The quantitative estimate of drug-likeness (QED) is 0.626. The lowest BCUT2D eigenvalue weighted by Gasteiger charge is -2.17. The van der Waals surface area contributed by atoms with E-state index < -0.39 is 0 Å². The second-order valence-corrected chi connectivity index (χ2v) is 4.50. The average molecular weight is 161 g/mol. The van der Waals surface area contributed by atoms with Gasteiger partial charge in [-0.3, -0.25) is 0 Å². The Labute approximate surface area is 68.8 Å². The van der Waals surface area contributed by atoms with Gasteiger partial charge in [-0.25, -0.2) is 0 Å². The van der Waals surface area contributed by atoms with Crippen LogP contribution in [0.4, 0.5) is 0 Å². The Bertz CT molecular complexity index is 75.8. The molecule has 0 rings (SSSR count). The summed E-state index contributed by atoms with van der Waals surface area (Å²) in [6, 6.07) is 0. The lowest BCUT2D eigenvalue weighted by atomic mass is 10.1. The topological polar surface area (TPSA) is 26.0 Å². The fourth-order valence-corrected chi connectivity index (χ4v) is 1.74. The fourth-order valence-electron chi connectivity index (χ4n) is 0.582. The van der Waals surface area contributed by atoms with Crippen LogP contribution in [0.2, 0.25) is 0 Å². The van der Waals surface area contributed by atoms with E-state index in [1.165, 1.54) is 18.6 Å². The zero-order valence-electron chi connectivity index (χ0n) is 7.31. The molecule has 0 atom stereocenters. The van der Waals surface area contributed by atoms with Crippen LogP contribution >= 0.6 is 11.8 Å². The number of rotatable bonds is 5. The average Bonchev–Trinajstić information content (AvgIpc) is 1.78. The second kappa shape index (κ2) is 5.03. The predicted molar refractivity (Wildman–Crippen MR) is 50.5 cm³/mol. The molecular weight excluding hydrogens is 142 g/mol. The molecule has 0 saturated heterocycles. The highest BCUT2D eigenvalue weighted by Crippen LogP contribution is 2.11. The summed E-state index contributed by atoms with van der Waals surface area (Å²) >= 11 is 1.96. The Hall–Kier alpha value is 0.310. The molecule has 0 aliphatic rings. The summed E-state index contributed by atoms with van der Waals surface area (Å²) in [6.45, 7) is 6.37. The van der Waals surface area contributed by atoms with Gasteiger partial charge in [-0.15, -0.1) is 0 Å². The van der Waals surface area contributed by atoms with Crippen molar-refractivity contribution in [1.82, 2.24) is 0 Å². The Morgan fingerprint density at radius 2 is 2.00 bits per heavy atom. The van der Waals surface area contributed by atoms with Crippen LogP contribution in [0.25, 0.3) is 0 Å². The van der Waals surface area contributed by atoms with Crippen molar-refractivity contribution in [2.24, 2.45) is 5.73 Å². The highest BCUT2D eigenvalue weighted by atomic mass is 32.2. The van der Waals surface area contributed by atoms with Crippen molar-refractivity contribution < 1.29 is 0 Å². The largest absolute Gasteiger partial charge is 0.325 e. The molecule has 62 valence electrons. The normalized spacial score (nSPS) is 12.0. The number of hydrogen-bond donors (Lipinski definition) is 1. The molecule has 1 nitrogen and oxygen atoms in total. The van der Waals surface area contributed by atoms with E-state index in [1.54, 1.807) is 0 Å². The Balaban J connectivity index is 3.04. The molecule has 0 heterocycles. The van der Waals surface area contributed by atoms with E-state index in [9.17, 15) is 0 Å².